The van der Waals surface area contributed by atoms with Crippen molar-refractivity contribution < 1.29 is 0 Å². The highest BCUT2D eigenvalue weighted by molar-refractivity contribution is 5.77. The zero-order valence-electron chi connectivity index (χ0n) is 14.3. The zero-order chi connectivity index (χ0) is 16.6. The van der Waals surface area contributed by atoms with E-state index in [1.54, 1.807) is 0 Å². The number of benzene rings is 2. The molecule has 1 aliphatic heterocycles. The van der Waals surface area contributed by atoms with Crippen LogP contribution in [0, 0.1) is 6.92 Å². The molecule has 1 fully saturated rings. The molecule has 0 spiro atoms. The standard InChI is InChI=1S/C21H25N3/c1-19-9-11-21(12-10-19)18-23-14-16-24(17-15-23)22-13-5-8-20-6-3-2-4-7-20/h2-13H,14-18H2,1H3/b8-5+,22-13?. The summed E-state index contributed by atoms with van der Waals surface area (Å²) < 4.78 is 0. The van der Waals surface area contributed by atoms with Crippen LogP contribution in [0.2, 0.25) is 0 Å². The molecule has 0 amide bonds. The molecule has 0 bridgehead atoms. The molecule has 2 aromatic carbocycles. The molecule has 2 aromatic rings. The summed E-state index contributed by atoms with van der Waals surface area (Å²) in [6, 6.07) is 19.1. The maximum Gasteiger partial charge on any atom is 0.0488 e. The molecule has 3 heteroatoms. The Hall–Kier alpha value is -2.39. The fourth-order valence-electron chi connectivity index (χ4n) is 2.81. The van der Waals surface area contributed by atoms with Gasteiger partial charge in [-0.3, -0.25) is 9.91 Å². The number of hydrazone groups is 1. The second kappa shape index (κ2) is 8.46. The van der Waals surface area contributed by atoms with Crippen molar-refractivity contribution in [3.05, 3.63) is 77.4 Å². The summed E-state index contributed by atoms with van der Waals surface area (Å²) in [5, 5.41) is 6.70. The molecule has 24 heavy (non-hydrogen) atoms. The van der Waals surface area contributed by atoms with Crippen LogP contribution in [0.5, 0.6) is 0 Å². The molecule has 3 rings (SSSR count). The van der Waals surface area contributed by atoms with E-state index < -0.39 is 0 Å². The summed E-state index contributed by atoms with van der Waals surface area (Å²) in [5.74, 6) is 0. The number of nitrogens with zero attached hydrogens (tertiary/aromatic N) is 3. The molecule has 1 heterocycles. The quantitative estimate of drug-likeness (QED) is 0.780. The van der Waals surface area contributed by atoms with Crippen molar-refractivity contribution in [1.82, 2.24) is 9.91 Å². The highest BCUT2D eigenvalue weighted by Gasteiger charge is 2.14. The fourth-order valence-corrected chi connectivity index (χ4v) is 2.81. The molecule has 0 unspecified atom stereocenters. The maximum atomic E-state index is 4.55. The Morgan fingerprint density at radius 1 is 0.917 bits per heavy atom. The van der Waals surface area contributed by atoms with Crippen LogP contribution in [0.1, 0.15) is 16.7 Å². The smallest absolute Gasteiger partial charge is 0.0488 e. The van der Waals surface area contributed by atoms with E-state index in [2.05, 4.69) is 64.4 Å². The van der Waals surface area contributed by atoms with Gasteiger partial charge in [0.05, 0.1) is 0 Å². The normalized spacial score (nSPS) is 16.3. The van der Waals surface area contributed by atoms with Crippen LogP contribution in [0.15, 0.2) is 65.8 Å². The van der Waals surface area contributed by atoms with Crippen molar-refractivity contribution in [1.29, 1.82) is 0 Å². The first-order chi connectivity index (χ1) is 11.8. The summed E-state index contributed by atoms with van der Waals surface area (Å²) in [6.07, 6.45) is 5.98. The van der Waals surface area contributed by atoms with Crippen LogP contribution in [0.25, 0.3) is 6.08 Å². The zero-order valence-corrected chi connectivity index (χ0v) is 14.3. The highest BCUT2D eigenvalue weighted by Crippen LogP contribution is 2.10. The van der Waals surface area contributed by atoms with Crippen molar-refractivity contribution in [2.24, 2.45) is 5.10 Å². The van der Waals surface area contributed by atoms with Crippen LogP contribution in [-0.4, -0.2) is 42.3 Å². The Kier molecular flexibility index (Phi) is 5.80. The molecule has 124 valence electrons. The first kappa shape index (κ1) is 16.5. The van der Waals surface area contributed by atoms with Crippen molar-refractivity contribution >= 4 is 12.3 Å². The van der Waals surface area contributed by atoms with Crippen LogP contribution in [-0.2, 0) is 6.54 Å². The third-order valence-electron chi connectivity index (χ3n) is 4.28. The summed E-state index contributed by atoms with van der Waals surface area (Å²) in [5.41, 5.74) is 3.91. The lowest BCUT2D eigenvalue weighted by atomic mass is 10.1. The number of aryl methyl sites for hydroxylation is 1. The van der Waals surface area contributed by atoms with Gasteiger partial charge < -0.3 is 0 Å². The summed E-state index contributed by atoms with van der Waals surface area (Å²) >= 11 is 0. The molecule has 0 aliphatic carbocycles. The lowest BCUT2D eigenvalue weighted by Gasteiger charge is -2.33. The van der Waals surface area contributed by atoms with Gasteiger partial charge in [-0.25, -0.2) is 0 Å². The fraction of sp³-hybridized carbons (Fsp3) is 0.286. The minimum absolute atomic E-state index is 0.988. The van der Waals surface area contributed by atoms with E-state index in [-0.39, 0.29) is 0 Å². The van der Waals surface area contributed by atoms with Crippen LogP contribution in [0.4, 0.5) is 0 Å². The number of piperazine rings is 1. The summed E-state index contributed by atoms with van der Waals surface area (Å²) in [6.45, 7) is 7.27. The molecule has 0 atom stereocenters. The van der Waals surface area contributed by atoms with Gasteiger partial charge >= 0.3 is 0 Å². The topological polar surface area (TPSA) is 18.8 Å². The predicted octanol–water partition coefficient (Wildman–Crippen LogP) is 3.81. The van der Waals surface area contributed by atoms with Gasteiger partial charge in [0.1, 0.15) is 0 Å². The molecule has 0 radical (unpaired) electrons. The van der Waals surface area contributed by atoms with E-state index in [4.69, 9.17) is 0 Å². The average molecular weight is 319 g/mol. The van der Waals surface area contributed by atoms with E-state index in [0.717, 1.165) is 32.7 Å². The third-order valence-corrected chi connectivity index (χ3v) is 4.28. The van der Waals surface area contributed by atoms with Crippen LogP contribution in [0.3, 0.4) is 0 Å². The molecule has 0 N–H and O–H groups in total. The second-order valence-corrected chi connectivity index (χ2v) is 6.25. The number of hydrogen-bond acceptors (Lipinski definition) is 3. The molecule has 0 aromatic heterocycles. The van der Waals surface area contributed by atoms with Crippen LogP contribution < -0.4 is 0 Å². The minimum atomic E-state index is 0.988. The monoisotopic (exact) mass is 319 g/mol. The highest BCUT2D eigenvalue weighted by atomic mass is 15.5. The minimum Gasteiger partial charge on any atom is -0.295 e. The van der Waals surface area contributed by atoms with Gasteiger partial charge in [0, 0.05) is 38.9 Å². The second-order valence-electron chi connectivity index (χ2n) is 6.25. The van der Waals surface area contributed by atoms with Gasteiger partial charge in [-0.1, -0.05) is 66.2 Å². The summed E-state index contributed by atoms with van der Waals surface area (Å²) in [7, 11) is 0. The Labute approximate surface area is 144 Å². The lowest BCUT2D eigenvalue weighted by molar-refractivity contribution is 0.131. The number of rotatable bonds is 5. The Morgan fingerprint density at radius 2 is 1.62 bits per heavy atom. The van der Waals surface area contributed by atoms with Crippen molar-refractivity contribution in [2.75, 3.05) is 26.2 Å². The first-order valence-corrected chi connectivity index (χ1v) is 8.58. The van der Waals surface area contributed by atoms with Gasteiger partial charge in [0.15, 0.2) is 0 Å². The van der Waals surface area contributed by atoms with Gasteiger partial charge in [0.2, 0.25) is 0 Å². The molecule has 1 aliphatic rings. The van der Waals surface area contributed by atoms with E-state index in [1.807, 2.05) is 30.5 Å². The molecular formula is C21H25N3. The Balaban J connectivity index is 1.42. The van der Waals surface area contributed by atoms with Crippen LogP contribution >= 0.6 is 0 Å². The SMILES string of the molecule is Cc1ccc(CN2CCN(N=C/C=C/c3ccccc3)CC2)cc1. The Morgan fingerprint density at radius 3 is 2.33 bits per heavy atom. The van der Waals surface area contributed by atoms with E-state index in [9.17, 15) is 0 Å². The molecule has 3 nitrogen and oxygen atoms in total. The summed E-state index contributed by atoms with van der Waals surface area (Å²) in [4.78, 5) is 2.50. The number of hydrogen-bond donors (Lipinski definition) is 0. The van der Waals surface area contributed by atoms with Crippen molar-refractivity contribution in [3.63, 3.8) is 0 Å². The van der Waals surface area contributed by atoms with E-state index in [1.165, 1.54) is 16.7 Å². The third kappa shape index (κ3) is 5.07. The van der Waals surface area contributed by atoms with E-state index in [0.29, 0.717) is 0 Å². The van der Waals surface area contributed by atoms with Crippen molar-refractivity contribution in [2.45, 2.75) is 13.5 Å². The Bertz CT molecular complexity index is 666. The first-order valence-electron chi connectivity index (χ1n) is 8.58. The van der Waals surface area contributed by atoms with Gasteiger partial charge in [-0.15, -0.1) is 0 Å². The predicted molar refractivity (Wildman–Crippen MR) is 102 cm³/mol. The number of allylic oxidation sites excluding steroid dienone is 1. The van der Waals surface area contributed by atoms with Gasteiger partial charge in [-0.2, -0.15) is 5.10 Å². The average Bonchev–Trinajstić information content (AvgIpc) is 2.63. The van der Waals surface area contributed by atoms with Gasteiger partial charge in [0.25, 0.3) is 0 Å². The molecule has 0 saturated carbocycles. The lowest BCUT2D eigenvalue weighted by Crippen LogP contribution is -2.43. The van der Waals surface area contributed by atoms with Gasteiger partial charge in [-0.05, 0) is 24.1 Å². The molecular weight excluding hydrogens is 294 g/mol. The largest absolute Gasteiger partial charge is 0.295 e. The molecule has 1 saturated heterocycles. The maximum absolute atomic E-state index is 4.55. The van der Waals surface area contributed by atoms with Crippen molar-refractivity contribution in [3.8, 4) is 0 Å². The van der Waals surface area contributed by atoms with E-state index >= 15 is 0 Å².